The van der Waals surface area contributed by atoms with Crippen molar-refractivity contribution < 1.29 is 4.79 Å². The molecule has 1 aliphatic rings. The Morgan fingerprint density at radius 3 is 2.75 bits per heavy atom. The summed E-state index contributed by atoms with van der Waals surface area (Å²) in [5.74, 6) is 0.132. The van der Waals surface area contributed by atoms with E-state index in [4.69, 9.17) is 0 Å². The fraction of sp³-hybridized carbons (Fsp3) is 0.588. The van der Waals surface area contributed by atoms with Crippen molar-refractivity contribution in [2.24, 2.45) is 5.41 Å². The number of nitrogens with zero attached hydrogens (tertiary/aromatic N) is 1. The lowest BCUT2D eigenvalue weighted by atomic mass is 9.96. The molecule has 0 spiro atoms. The average Bonchev–Trinajstić information content (AvgIpc) is 2.69. The van der Waals surface area contributed by atoms with E-state index < -0.39 is 0 Å². The van der Waals surface area contributed by atoms with Gasteiger partial charge in [-0.05, 0) is 31.4 Å². The number of fused-ring (bicyclic) bond motifs is 1. The Labute approximate surface area is 122 Å². The van der Waals surface area contributed by atoms with Gasteiger partial charge < -0.3 is 10.2 Å². The van der Waals surface area contributed by atoms with E-state index in [0.29, 0.717) is 6.04 Å². The number of para-hydroxylation sites is 1. The molecule has 1 atom stereocenters. The fourth-order valence-electron chi connectivity index (χ4n) is 2.69. The van der Waals surface area contributed by atoms with E-state index in [1.807, 2.05) is 20.8 Å². The quantitative estimate of drug-likeness (QED) is 0.856. The van der Waals surface area contributed by atoms with Gasteiger partial charge in [-0.15, -0.1) is 0 Å². The minimum absolute atomic E-state index is 0.132. The number of hydrogen-bond donors (Lipinski definition) is 1. The second kappa shape index (κ2) is 5.86. The lowest BCUT2D eigenvalue weighted by Crippen LogP contribution is -2.37. The fourth-order valence-corrected chi connectivity index (χ4v) is 2.69. The summed E-state index contributed by atoms with van der Waals surface area (Å²) in [5.41, 5.74) is 2.51. The van der Waals surface area contributed by atoms with Gasteiger partial charge >= 0.3 is 0 Å². The third-order valence-corrected chi connectivity index (χ3v) is 3.89. The van der Waals surface area contributed by atoms with Gasteiger partial charge in [0.25, 0.3) is 0 Å². The second-order valence-electron chi connectivity index (χ2n) is 6.73. The van der Waals surface area contributed by atoms with Gasteiger partial charge in [0, 0.05) is 30.2 Å². The van der Waals surface area contributed by atoms with E-state index in [-0.39, 0.29) is 11.3 Å². The van der Waals surface area contributed by atoms with Crippen LogP contribution in [0.5, 0.6) is 0 Å². The number of hydrogen-bond acceptors (Lipinski definition) is 2. The Morgan fingerprint density at radius 2 is 2.05 bits per heavy atom. The van der Waals surface area contributed by atoms with Crippen LogP contribution in [0.4, 0.5) is 5.69 Å². The smallest absolute Gasteiger partial charge is 0.225 e. The van der Waals surface area contributed by atoms with Crippen LogP contribution in [-0.4, -0.2) is 25.0 Å². The summed E-state index contributed by atoms with van der Waals surface area (Å²) >= 11 is 0. The normalized spacial score (nSPS) is 18.0. The number of anilines is 1. The SMILES string of the molecule is CC1Cc2ccccc2N1CCCNC(=O)C(C)(C)C. The summed E-state index contributed by atoms with van der Waals surface area (Å²) in [5, 5.41) is 3.02. The first kappa shape index (κ1) is 14.9. The van der Waals surface area contributed by atoms with E-state index in [9.17, 15) is 4.79 Å². The van der Waals surface area contributed by atoms with Crippen molar-refractivity contribution in [2.45, 2.75) is 46.6 Å². The van der Waals surface area contributed by atoms with Crippen molar-refractivity contribution in [1.29, 1.82) is 0 Å². The van der Waals surface area contributed by atoms with Gasteiger partial charge in [0.1, 0.15) is 0 Å². The predicted octanol–water partition coefficient (Wildman–Crippen LogP) is 2.99. The molecule has 1 aromatic carbocycles. The standard InChI is InChI=1S/C17H26N2O/c1-13-12-14-8-5-6-9-15(14)19(13)11-7-10-18-16(20)17(2,3)4/h5-6,8-9,13H,7,10-12H2,1-4H3,(H,18,20). The second-order valence-corrected chi connectivity index (χ2v) is 6.73. The highest BCUT2D eigenvalue weighted by Gasteiger charge is 2.25. The molecule has 1 N–H and O–H groups in total. The maximum absolute atomic E-state index is 11.8. The molecule has 20 heavy (non-hydrogen) atoms. The molecule has 1 heterocycles. The maximum atomic E-state index is 11.8. The Morgan fingerprint density at radius 1 is 1.35 bits per heavy atom. The van der Waals surface area contributed by atoms with Gasteiger partial charge in [-0.25, -0.2) is 0 Å². The van der Waals surface area contributed by atoms with Gasteiger partial charge in [-0.3, -0.25) is 4.79 Å². The minimum atomic E-state index is -0.298. The van der Waals surface area contributed by atoms with Crippen LogP contribution < -0.4 is 10.2 Å². The van der Waals surface area contributed by atoms with Gasteiger partial charge in [0.15, 0.2) is 0 Å². The highest BCUT2D eigenvalue weighted by Crippen LogP contribution is 2.31. The van der Waals surface area contributed by atoms with Crippen molar-refractivity contribution in [3.8, 4) is 0 Å². The van der Waals surface area contributed by atoms with Crippen molar-refractivity contribution in [3.63, 3.8) is 0 Å². The zero-order valence-corrected chi connectivity index (χ0v) is 13.1. The van der Waals surface area contributed by atoms with Gasteiger partial charge in [-0.2, -0.15) is 0 Å². The molecule has 0 aromatic heterocycles. The van der Waals surface area contributed by atoms with E-state index in [1.54, 1.807) is 0 Å². The van der Waals surface area contributed by atoms with Gasteiger partial charge in [0.2, 0.25) is 5.91 Å². The zero-order chi connectivity index (χ0) is 14.8. The molecule has 0 bridgehead atoms. The topological polar surface area (TPSA) is 32.3 Å². The monoisotopic (exact) mass is 274 g/mol. The number of amides is 1. The number of benzene rings is 1. The summed E-state index contributed by atoms with van der Waals surface area (Å²) in [7, 11) is 0. The summed E-state index contributed by atoms with van der Waals surface area (Å²) in [6, 6.07) is 9.19. The predicted molar refractivity (Wildman–Crippen MR) is 84.0 cm³/mol. The number of nitrogens with one attached hydrogen (secondary N) is 1. The van der Waals surface area contributed by atoms with E-state index in [2.05, 4.69) is 41.4 Å². The number of carbonyl (C=O) groups excluding carboxylic acids is 1. The molecule has 0 fully saturated rings. The van der Waals surface area contributed by atoms with Crippen molar-refractivity contribution in [1.82, 2.24) is 5.32 Å². The minimum Gasteiger partial charge on any atom is -0.368 e. The first-order valence-electron chi connectivity index (χ1n) is 7.52. The molecular weight excluding hydrogens is 248 g/mol. The highest BCUT2D eigenvalue weighted by atomic mass is 16.2. The first-order valence-corrected chi connectivity index (χ1v) is 7.52. The Hall–Kier alpha value is -1.51. The third-order valence-electron chi connectivity index (χ3n) is 3.89. The van der Waals surface area contributed by atoms with E-state index in [1.165, 1.54) is 11.3 Å². The van der Waals surface area contributed by atoms with Crippen LogP contribution in [0.1, 0.15) is 39.7 Å². The van der Waals surface area contributed by atoms with Crippen LogP contribution in [0, 0.1) is 5.41 Å². The molecule has 1 aromatic rings. The first-order chi connectivity index (χ1) is 9.39. The van der Waals surface area contributed by atoms with Crippen molar-refractivity contribution >= 4 is 11.6 Å². The van der Waals surface area contributed by atoms with Crippen LogP contribution in [-0.2, 0) is 11.2 Å². The van der Waals surface area contributed by atoms with E-state index in [0.717, 1.165) is 25.9 Å². The summed E-state index contributed by atoms with van der Waals surface area (Å²) < 4.78 is 0. The summed E-state index contributed by atoms with van der Waals surface area (Å²) in [6.45, 7) is 9.86. The van der Waals surface area contributed by atoms with Crippen LogP contribution in [0.2, 0.25) is 0 Å². The Kier molecular flexibility index (Phi) is 4.36. The average molecular weight is 274 g/mol. The lowest BCUT2D eigenvalue weighted by molar-refractivity contribution is -0.128. The van der Waals surface area contributed by atoms with Crippen molar-refractivity contribution in [3.05, 3.63) is 29.8 Å². The molecule has 2 rings (SSSR count). The molecular formula is C17H26N2O. The molecule has 1 amide bonds. The molecule has 0 saturated heterocycles. The maximum Gasteiger partial charge on any atom is 0.225 e. The Balaban J connectivity index is 1.82. The molecule has 0 saturated carbocycles. The molecule has 1 unspecified atom stereocenters. The zero-order valence-electron chi connectivity index (χ0n) is 13.1. The molecule has 1 aliphatic heterocycles. The summed E-state index contributed by atoms with van der Waals surface area (Å²) in [6.07, 6.45) is 2.12. The molecule has 0 aliphatic carbocycles. The van der Waals surface area contributed by atoms with Crippen molar-refractivity contribution in [2.75, 3.05) is 18.0 Å². The Bertz CT molecular complexity index is 476. The third kappa shape index (κ3) is 3.33. The van der Waals surface area contributed by atoms with Gasteiger partial charge in [0.05, 0.1) is 0 Å². The number of rotatable bonds is 4. The molecule has 110 valence electrons. The molecule has 3 nitrogen and oxygen atoms in total. The van der Waals surface area contributed by atoms with Crippen LogP contribution >= 0.6 is 0 Å². The van der Waals surface area contributed by atoms with Crippen LogP contribution in [0.25, 0.3) is 0 Å². The van der Waals surface area contributed by atoms with E-state index >= 15 is 0 Å². The summed E-state index contributed by atoms with van der Waals surface area (Å²) in [4.78, 5) is 14.3. The highest BCUT2D eigenvalue weighted by molar-refractivity contribution is 5.81. The van der Waals surface area contributed by atoms with Crippen LogP contribution in [0.3, 0.4) is 0 Å². The van der Waals surface area contributed by atoms with Crippen LogP contribution in [0.15, 0.2) is 24.3 Å². The molecule has 0 radical (unpaired) electrons. The largest absolute Gasteiger partial charge is 0.368 e. The molecule has 3 heteroatoms. The van der Waals surface area contributed by atoms with Gasteiger partial charge in [-0.1, -0.05) is 39.0 Å². The number of carbonyl (C=O) groups is 1. The lowest BCUT2D eigenvalue weighted by Gasteiger charge is -2.25.